The first-order valence-corrected chi connectivity index (χ1v) is 25.7. The minimum absolute atomic E-state index is 0.716. The fourth-order valence-electron chi connectivity index (χ4n) is 9.94. The van der Waals surface area contributed by atoms with E-state index in [-0.39, 0.29) is 0 Å². The van der Waals surface area contributed by atoms with Gasteiger partial charge in [0.25, 0.3) is 0 Å². The van der Waals surface area contributed by atoms with Crippen LogP contribution < -0.4 is 40.0 Å². The average Bonchev–Trinajstić information content (AvgIpc) is 3.72. The number of fused-ring (bicyclic) bond motifs is 3. The second-order valence-electron chi connectivity index (χ2n) is 17.3. The van der Waals surface area contributed by atoms with Gasteiger partial charge in [-0.25, -0.2) is 0 Å². The molecule has 0 unspecified atom stereocenters. The average molecular weight is 929 g/mol. The molecule has 0 saturated heterocycles. The topological polar surface area (TPSA) is 24.9 Å². The van der Waals surface area contributed by atoms with E-state index in [2.05, 4.69) is 264 Å². The van der Waals surface area contributed by atoms with Crippen LogP contribution in [0.4, 0.5) is 34.1 Å². The summed E-state index contributed by atoms with van der Waals surface area (Å²) in [5, 5.41) is 5.04. The van der Waals surface area contributed by atoms with Crippen LogP contribution in [0, 0.1) is 23.7 Å². The minimum Gasteiger partial charge on any atom is -0.495 e. The molecule has 0 saturated carbocycles. The van der Waals surface area contributed by atoms with Gasteiger partial charge in [0.15, 0.2) is 8.07 Å². The summed E-state index contributed by atoms with van der Waals surface area (Å²) in [5.74, 6) is 15.6. The van der Waals surface area contributed by atoms with E-state index < -0.39 is 8.07 Å². The van der Waals surface area contributed by atoms with Crippen LogP contribution in [-0.4, -0.2) is 22.3 Å². The third kappa shape index (κ3) is 8.53. The molecule has 0 aliphatic carbocycles. The third-order valence-electron chi connectivity index (χ3n) is 13.2. The summed E-state index contributed by atoms with van der Waals surface area (Å²) < 4.78 is 12.4. The lowest BCUT2D eigenvalue weighted by atomic mass is 10.0. The summed E-state index contributed by atoms with van der Waals surface area (Å²) in [5.41, 5.74) is 12.1. The molecule has 0 amide bonds. The van der Waals surface area contributed by atoms with Crippen molar-refractivity contribution < 1.29 is 9.47 Å². The van der Waals surface area contributed by atoms with Crippen molar-refractivity contribution >= 4 is 62.9 Å². The van der Waals surface area contributed by atoms with E-state index in [4.69, 9.17) is 9.47 Å². The molecule has 338 valence electrons. The van der Waals surface area contributed by atoms with Gasteiger partial charge in [0.1, 0.15) is 11.5 Å². The molecule has 0 radical (unpaired) electrons. The molecule has 0 bridgehead atoms. The van der Waals surface area contributed by atoms with Crippen molar-refractivity contribution in [3.05, 3.63) is 277 Å². The summed E-state index contributed by atoms with van der Waals surface area (Å²) in [6.45, 7) is 0. The monoisotopic (exact) mass is 928 g/mol. The first kappa shape index (κ1) is 44.3. The first-order valence-electron chi connectivity index (χ1n) is 23.7. The zero-order valence-electron chi connectivity index (χ0n) is 39.5. The highest BCUT2D eigenvalue weighted by Crippen LogP contribution is 2.38. The summed E-state index contributed by atoms with van der Waals surface area (Å²) >= 11 is 0. The number of nitrogens with zero attached hydrogens (tertiary/aromatic N) is 2. The SMILES string of the molecule is COc1cc2c(cc1C#Cc1ccc(N(c3ccccc3)c3ccccc3)cc1)[Si](c1ccccc1)(c1ccccc1)c1cc(C#Cc3ccc(N(c4ccccc4)c4ccccc4)cc3)c(OC)cc1-2. The van der Waals surface area contributed by atoms with Crippen LogP contribution in [0.5, 0.6) is 11.5 Å². The molecule has 5 heteroatoms. The minimum atomic E-state index is -3.00. The van der Waals surface area contributed by atoms with Crippen molar-refractivity contribution in [3.63, 3.8) is 0 Å². The van der Waals surface area contributed by atoms with Crippen molar-refractivity contribution in [3.8, 4) is 46.3 Å². The molecular weight excluding hydrogens is 881 g/mol. The number of hydrogen-bond acceptors (Lipinski definition) is 4. The Bertz CT molecular complexity index is 3260. The predicted octanol–water partition coefficient (Wildman–Crippen LogP) is 12.8. The van der Waals surface area contributed by atoms with Gasteiger partial charge in [-0.3, -0.25) is 0 Å². The van der Waals surface area contributed by atoms with E-state index in [9.17, 15) is 0 Å². The molecule has 0 fully saturated rings. The molecular formula is C66H48N2O2Si. The normalized spacial score (nSPS) is 11.7. The van der Waals surface area contributed by atoms with E-state index >= 15 is 0 Å². The molecule has 11 rings (SSSR count). The van der Waals surface area contributed by atoms with Crippen LogP contribution in [0.25, 0.3) is 11.1 Å². The van der Waals surface area contributed by atoms with Crippen molar-refractivity contribution in [2.24, 2.45) is 0 Å². The molecule has 4 nitrogen and oxygen atoms in total. The Hall–Kier alpha value is -9.26. The molecule has 0 atom stereocenters. The van der Waals surface area contributed by atoms with Crippen molar-refractivity contribution in [2.45, 2.75) is 0 Å². The Labute approximate surface area is 417 Å². The number of anilines is 6. The maximum atomic E-state index is 6.19. The van der Waals surface area contributed by atoms with Crippen LogP contribution in [-0.2, 0) is 0 Å². The van der Waals surface area contributed by atoms with Crippen LogP contribution in [0.1, 0.15) is 22.3 Å². The highest BCUT2D eigenvalue weighted by molar-refractivity contribution is 7.22. The zero-order valence-corrected chi connectivity index (χ0v) is 40.5. The Morgan fingerprint density at radius 1 is 0.310 bits per heavy atom. The van der Waals surface area contributed by atoms with Crippen molar-refractivity contribution in [1.29, 1.82) is 0 Å². The van der Waals surface area contributed by atoms with Crippen molar-refractivity contribution in [2.75, 3.05) is 24.0 Å². The highest BCUT2D eigenvalue weighted by Gasteiger charge is 2.49. The number of benzene rings is 10. The van der Waals surface area contributed by atoms with E-state index in [1.165, 1.54) is 20.7 Å². The molecule has 0 spiro atoms. The largest absolute Gasteiger partial charge is 0.495 e. The Morgan fingerprint density at radius 3 is 0.887 bits per heavy atom. The summed E-state index contributed by atoms with van der Waals surface area (Å²) in [4.78, 5) is 4.51. The summed E-state index contributed by atoms with van der Waals surface area (Å²) in [7, 11) is 0.451. The maximum absolute atomic E-state index is 6.19. The number of hydrogen-bond donors (Lipinski definition) is 0. The zero-order chi connectivity index (χ0) is 48.0. The van der Waals surface area contributed by atoms with E-state index in [1.807, 2.05) is 24.3 Å². The molecule has 10 aromatic rings. The lowest BCUT2D eigenvalue weighted by molar-refractivity contribution is 0.413. The molecule has 1 aliphatic heterocycles. The fraction of sp³-hybridized carbons (Fsp3) is 0.0303. The van der Waals surface area contributed by atoms with E-state index in [1.54, 1.807) is 14.2 Å². The molecule has 10 aromatic carbocycles. The maximum Gasteiger partial charge on any atom is 0.180 e. The second-order valence-corrected chi connectivity index (χ2v) is 21.0. The Kier molecular flexibility index (Phi) is 12.3. The molecule has 0 N–H and O–H groups in total. The van der Waals surface area contributed by atoms with Crippen LogP contribution in [0.3, 0.4) is 0 Å². The molecule has 71 heavy (non-hydrogen) atoms. The summed E-state index contributed by atoms with van der Waals surface area (Å²) in [6, 6.07) is 89.6. The van der Waals surface area contributed by atoms with Gasteiger partial charge in [-0.15, -0.1) is 0 Å². The lowest BCUT2D eigenvalue weighted by Crippen LogP contribution is -2.72. The standard InChI is InChI=1S/C66H48N2O2Si/c1-69-63-47-61-62-48-64(70-2)52(40-34-50-37-43-58(44-38-50)68(55-25-13-5-14-26-55)56-27-15-6-16-28-56)46-66(62)71(59-29-17-7-18-30-59,60-31-19-8-20-32-60)65(61)45-51(63)39-33-49-35-41-57(42-36-49)67(53-21-9-3-10-22-53)54-23-11-4-12-24-54/h3-32,35-38,41-48H,1-2H3. The van der Waals surface area contributed by atoms with Gasteiger partial charge >= 0.3 is 0 Å². The third-order valence-corrected chi connectivity index (χ3v) is 18.0. The van der Waals surface area contributed by atoms with Crippen molar-refractivity contribution in [1.82, 2.24) is 0 Å². The quantitative estimate of drug-likeness (QED) is 0.101. The van der Waals surface area contributed by atoms with Gasteiger partial charge in [0.2, 0.25) is 0 Å². The van der Waals surface area contributed by atoms with Gasteiger partial charge in [-0.2, -0.15) is 0 Å². The fourth-order valence-corrected chi connectivity index (χ4v) is 15.1. The number of rotatable bonds is 10. The van der Waals surface area contributed by atoms with E-state index in [0.717, 1.165) is 67.5 Å². The smallest absolute Gasteiger partial charge is 0.180 e. The van der Waals surface area contributed by atoms with E-state index in [0.29, 0.717) is 11.5 Å². The number of methoxy groups -OCH3 is 2. The van der Waals surface area contributed by atoms with Crippen LogP contribution in [0.2, 0.25) is 0 Å². The highest BCUT2D eigenvalue weighted by atomic mass is 28.3. The van der Waals surface area contributed by atoms with Crippen LogP contribution in [0.15, 0.2) is 255 Å². The Morgan fingerprint density at radius 2 is 0.592 bits per heavy atom. The van der Waals surface area contributed by atoms with Gasteiger partial charge in [-0.05, 0) is 153 Å². The molecule has 1 aliphatic rings. The van der Waals surface area contributed by atoms with Gasteiger partial charge in [0, 0.05) is 45.3 Å². The van der Waals surface area contributed by atoms with Gasteiger partial charge in [-0.1, -0.05) is 157 Å². The van der Waals surface area contributed by atoms with Crippen LogP contribution >= 0.6 is 0 Å². The number of ether oxygens (including phenoxy) is 2. The molecule has 1 heterocycles. The first-order chi connectivity index (χ1) is 35.1. The Balaban J connectivity index is 1.00. The second kappa shape index (κ2) is 19.8. The predicted molar refractivity (Wildman–Crippen MR) is 296 cm³/mol. The lowest BCUT2D eigenvalue weighted by Gasteiger charge is -2.31. The molecule has 0 aromatic heterocycles. The van der Waals surface area contributed by atoms with Gasteiger partial charge in [0.05, 0.1) is 25.3 Å². The summed E-state index contributed by atoms with van der Waals surface area (Å²) in [6.07, 6.45) is 0. The number of para-hydroxylation sites is 4. The van der Waals surface area contributed by atoms with Gasteiger partial charge < -0.3 is 19.3 Å².